The van der Waals surface area contributed by atoms with Crippen LogP contribution in [0.4, 0.5) is 0 Å². The van der Waals surface area contributed by atoms with Crippen LogP contribution in [-0.2, 0) is 0 Å². The molecule has 0 atom stereocenters. The van der Waals surface area contributed by atoms with Crippen LogP contribution in [0.3, 0.4) is 0 Å². The third kappa shape index (κ3) is 5.49. The van der Waals surface area contributed by atoms with Gasteiger partial charge in [0.1, 0.15) is 11.2 Å². The highest BCUT2D eigenvalue weighted by atomic mass is 16.3. The lowest BCUT2D eigenvalue weighted by Crippen LogP contribution is -2.00. The van der Waals surface area contributed by atoms with E-state index in [2.05, 4.69) is 119 Å². The van der Waals surface area contributed by atoms with Crippen LogP contribution in [0, 0.1) is 0 Å². The number of hydrogen-bond acceptors (Lipinski definition) is 8. The van der Waals surface area contributed by atoms with Gasteiger partial charge in [0.15, 0.2) is 17.5 Å². The summed E-state index contributed by atoms with van der Waals surface area (Å²) in [6.45, 7) is 0. The molecule has 0 saturated heterocycles. The Balaban J connectivity index is 1.03. The van der Waals surface area contributed by atoms with Gasteiger partial charge in [-0.1, -0.05) is 91.0 Å². The summed E-state index contributed by atoms with van der Waals surface area (Å²) >= 11 is 0. The first kappa shape index (κ1) is 33.0. The first-order valence-corrected chi connectivity index (χ1v) is 19.4. The van der Waals surface area contributed by atoms with Crippen molar-refractivity contribution in [1.82, 2.24) is 34.9 Å². The fraction of sp³-hybridized carbons (Fsp3) is 0. The van der Waals surface area contributed by atoms with Crippen LogP contribution in [0.15, 0.2) is 181 Å². The van der Waals surface area contributed by atoms with E-state index < -0.39 is 0 Å². The molecule has 0 aliphatic carbocycles. The minimum absolute atomic E-state index is 0.562. The maximum Gasteiger partial charge on any atom is 0.164 e. The molecule has 0 aliphatic heterocycles. The molecule has 0 aliphatic rings. The van der Waals surface area contributed by atoms with Crippen molar-refractivity contribution in [2.45, 2.75) is 0 Å². The molecule has 12 rings (SSSR count). The zero-order valence-corrected chi connectivity index (χ0v) is 31.3. The molecular formula is C51H29N7O. The lowest BCUT2D eigenvalue weighted by atomic mass is 9.98. The summed E-state index contributed by atoms with van der Waals surface area (Å²) in [4.78, 5) is 34.4. The zero-order valence-electron chi connectivity index (χ0n) is 31.3. The average molecular weight is 756 g/mol. The largest absolute Gasteiger partial charge is 0.456 e. The van der Waals surface area contributed by atoms with Crippen LogP contribution < -0.4 is 0 Å². The van der Waals surface area contributed by atoms with E-state index in [9.17, 15) is 0 Å². The molecule has 0 N–H and O–H groups in total. The number of aromatic nitrogens is 7. The Morgan fingerprint density at radius 3 is 1.41 bits per heavy atom. The maximum atomic E-state index is 6.18. The number of pyridine rings is 4. The highest BCUT2D eigenvalue weighted by molar-refractivity contribution is 6.10. The Morgan fingerprint density at radius 2 is 0.814 bits per heavy atom. The first-order chi connectivity index (χ1) is 29.2. The second-order valence-electron chi connectivity index (χ2n) is 14.6. The third-order valence-corrected chi connectivity index (χ3v) is 11.1. The number of benzene rings is 6. The van der Waals surface area contributed by atoms with E-state index in [0.717, 1.165) is 104 Å². The van der Waals surface area contributed by atoms with Crippen molar-refractivity contribution in [3.8, 4) is 56.4 Å². The van der Waals surface area contributed by atoms with Gasteiger partial charge in [0, 0.05) is 73.8 Å². The van der Waals surface area contributed by atoms with Crippen LogP contribution in [0.5, 0.6) is 0 Å². The summed E-state index contributed by atoms with van der Waals surface area (Å²) in [5, 5.41) is 6.20. The quantitative estimate of drug-likeness (QED) is 0.160. The minimum Gasteiger partial charge on any atom is -0.456 e. The molecule has 12 aromatic rings. The van der Waals surface area contributed by atoms with Gasteiger partial charge >= 0.3 is 0 Å². The molecule has 0 unspecified atom stereocenters. The third-order valence-electron chi connectivity index (χ3n) is 11.1. The highest BCUT2D eigenvalue weighted by Gasteiger charge is 2.17. The van der Waals surface area contributed by atoms with E-state index in [1.165, 1.54) is 0 Å². The summed E-state index contributed by atoms with van der Waals surface area (Å²) < 4.78 is 6.18. The minimum atomic E-state index is 0.562. The number of hydrogen-bond donors (Lipinski definition) is 0. The van der Waals surface area contributed by atoms with Crippen LogP contribution in [0.2, 0.25) is 0 Å². The fourth-order valence-electron chi connectivity index (χ4n) is 8.29. The van der Waals surface area contributed by atoms with E-state index >= 15 is 0 Å². The second-order valence-corrected chi connectivity index (χ2v) is 14.6. The first-order valence-electron chi connectivity index (χ1n) is 19.4. The molecule has 274 valence electrons. The number of nitrogens with zero attached hydrogens (tertiary/aromatic N) is 7. The van der Waals surface area contributed by atoms with Crippen molar-refractivity contribution in [3.05, 3.63) is 176 Å². The normalized spacial score (nSPS) is 11.7. The summed E-state index contributed by atoms with van der Waals surface area (Å²) in [6.07, 6.45) is 7.33. The van der Waals surface area contributed by atoms with E-state index in [0.29, 0.717) is 17.5 Å². The van der Waals surface area contributed by atoms with E-state index in [-0.39, 0.29) is 0 Å². The Morgan fingerprint density at radius 1 is 0.305 bits per heavy atom. The number of furan rings is 1. The summed E-state index contributed by atoms with van der Waals surface area (Å²) in [6, 6.07) is 51.5. The highest BCUT2D eigenvalue weighted by Crippen LogP contribution is 2.37. The Hall–Kier alpha value is -8.23. The van der Waals surface area contributed by atoms with Gasteiger partial charge in [0.2, 0.25) is 0 Å². The van der Waals surface area contributed by atoms with Crippen LogP contribution in [-0.4, -0.2) is 34.9 Å². The molecule has 0 amide bonds. The fourth-order valence-corrected chi connectivity index (χ4v) is 8.29. The van der Waals surface area contributed by atoms with Gasteiger partial charge < -0.3 is 4.42 Å². The van der Waals surface area contributed by atoms with Crippen molar-refractivity contribution in [1.29, 1.82) is 0 Å². The summed E-state index contributed by atoms with van der Waals surface area (Å²) in [5.74, 6) is 1.69. The van der Waals surface area contributed by atoms with Gasteiger partial charge in [-0.3, -0.25) is 19.9 Å². The van der Waals surface area contributed by atoms with Crippen LogP contribution in [0.25, 0.3) is 122 Å². The van der Waals surface area contributed by atoms with E-state index in [4.69, 9.17) is 29.3 Å². The van der Waals surface area contributed by atoms with Crippen molar-refractivity contribution >= 4 is 65.6 Å². The molecule has 0 saturated carbocycles. The second kappa shape index (κ2) is 13.2. The predicted octanol–water partition coefficient (Wildman–Crippen LogP) is 12.3. The molecule has 6 aromatic carbocycles. The van der Waals surface area contributed by atoms with E-state index in [1.54, 1.807) is 0 Å². The molecule has 6 aromatic heterocycles. The lowest BCUT2D eigenvalue weighted by Gasteiger charge is -2.12. The predicted molar refractivity (Wildman–Crippen MR) is 235 cm³/mol. The van der Waals surface area contributed by atoms with Crippen LogP contribution >= 0.6 is 0 Å². The average Bonchev–Trinajstić information content (AvgIpc) is 3.69. The number of rotatable bonds is 5. The molecule has 8 heteroatoms. The van der Waals surface area contributed by atoms with E-state index in [1.807, 2.05) is 67.3 Å². The zero-order chi connectivity index (χ0) is 38.9. The van der Waals surface area contributed by atoms with Gasteiger partial charge in [-0.2, -0.15) is 0 Å². The molecule has 0 fully saturated rings. The van der Waals surface area contributed by atoms with Gasteiger partial charge in [0.25, 0.3) is 0 Å². The van der Waals surface area contributed by atoms with Gasteiger partial charge in [0.05, 0.1) is 22.1 Å². The Labute approximate surface area is 336 Å². The Kier molecular flexibility index (Phi) is 7.36. The molecule has 0 bridgehead atoms. The molecule has 59 heavy (non-hydrogen) atoms. The van der Waals surface area contributed by atoms with Crippen molar-refractivity contribution in [2.24, 2.45) is 0 Å². The molecule has 0 spiro atoms. The summed E-state index contributed by atoms with van der Waals surface area (Å²) in [5.41, 5.74) is 11.9. The monoisotopic (exact) mass is 755 g/mol. The summed E-state index contributed by atoms with van der Waals surface area (Å²) in [7, 11) is 0. The van der Waals surface area contributed by atoms with Gasteiger partial charge in [-0.15, -0.1) is 0 Å². The molecule has 8 nitrogen and oxygen atoms in total. The SMILES string of the molecule is c1cc(-c2nc(-c3cccc(-c4ccnc5c4ccc4cccnc45)c3)nc(-c3ccc4oc5ccccc5c4c3)n2)cc(-c2ccnc3c2ccc2cccnc23)c1. The standard InChI is InChI=1S/C51H29N7O/c1-2-14-43-39(13-1)42-29-36(17-20-44(42)59-43)51-57-49(34-9-3-7-32(27-34)37-21-25-54-47-40(37)18-15-30-11-5-23-52-45(30)47)56-50(58-51)35-10-4-8-33(28-35)38-22-26-55-48-41(38)19-16-31-12-6-24-53-46(31)48/h1-29H. The molecule has 0 radical (unpaired) electrons. The number of para-hydroxylation sites is 1. The molecule has 6 heterocycles. The Bertz CT molecular complexity index is 3470. The van der Waals surface area contributed by atoms with Crippen LogP contribution in [0.1, 0.15) is 0 Å². The number of fused-ring (bicyclic) bond motifs is 9. The molecular weight excluding hydrogens is 727 g/mol. The van der Waals surface area contributed by atoms with Gasteiger partial charge in [-0.25, -0.2) is 15.0 Å². The van der Waals surface area contributed by atoms with Crippen molar-refractivity contribution < 1.29 is 4.42 Å². The smallest absolute Gasteiger partial charge is 0.164 e. The topological polar surface area (TPSA) is 103 Å². The van der Waals surface area contributed by atoms with Crippen molar-refractivity contribution in [2.75, 3.05) is 0 Å². The maximum absolute atomic E-state index is 6.18. The van der Waals surface area contributed by atoms with Crippen molar-refractivity contribution in [3.63, 3.8) is 0 Å². The van der Waals surface area contributed by atoms with Gasteiger partial charge in [-0.05, 0) is 82.9 Å². The lowest BCUT2D eigenvalue weighted by molar-refractivity contribution is 0.669.